The summed E-state index contributed by atoms with van der Waals surface area (Å²) in [6.07, 6.45) is 5.65. The lowest BCUT2D eigenvalue weighted by Crippen LogP contribution is -2.32. The van der Waals surface area contributed by atoms with Crippen molar-refractivity contribution in [2.45, 2.75) is 25.8 Å². The summed E-state index contributed by atoms with van der Waals surface area (Å²) < 4.78 is 13.3. The zero-order chi connectivity index (χ0) is 18.8. The van der Waals surface area contributed by atoms with Crippen molar-refractivity contribution in [3.05, 3.63) is 52.9 Å². The molecule has 0 unspecified atom stereocenters. The van der Waals surface area contributed by atoms with Crippen molar-refractivity contribution >= 4 is 23.4 Å². The maximum atomic E-state index is 13.3. The van der Waals surface area contributed by atoms with Crippen LogP contribution in [0, 0.1) is 5.82 Å². The van der Waals surface area contributed by atoms with E-state index < -0.39 is 5.82 Å². The zero-order valence-corrected chi connectivity index (χ0v) is 15.5. The van der Waals surface area contributed by atoms with E-state index >= 15 is 0 Å². The van der Waals surface area contributed by atoms with Gasteiger partial charge in [0.2, 0.25) is 0 Å². The molecule has 2 heterocycles. The summed E-state index contributed by atoms with van der Waals surface area (Å²) >= 11 is 5.56. The molecule has 1 fully saturated rings. The van der Waals surface area contributed by atoms with Crippen molar-refractivity contribution in [2.75, 3.05) is 25.0 Å². The Morgan fingerprint density at radius 2 is 2.00 bits per heavy atom. The van der Waals surface area contributed by atoms with Crippen LogP contribution in [0.2, 0.25) is 5.02 Å². The van der Waals surface area contributed by atoms with Crippen LogP contribution < -0.4 is 15.5 Å². The molecular weight excluding hydrogens is 357 g/mol. The van der Waals surface area contributed by atoms with Crippen molar-refractivity contribution in [3.63, 3.8) is 0 Å². The minimum Gasteiger partial charge on any atom is -0.355 e. The summed E-state index contributed by atoms with van der Waals surface area (Å²) in [7, 11) is 1.49. The van der Waals surface area contributed by atoms with Gasteiger partial charge in [-0.1, -0.05) is 23.7 Å². The third kappa shape index (κ3) is 6.15. The number of nitrogens with one attached hydrogen (secondary N) is 2. The maximum absolute atomic E-state index is 13.3. The largest absolute Gasteiger partial charge is 0.355 e. The number of carbonyl (C=O) groups excluding carboxylic acids is 1. The molecule has 1 saturated heterocycles. The number of nitrogens with zero attached hydrogens (tertiary/aromatic N) is 3. The van der Waals surface area contributed by atoms with Crippen molar-refractivity contribution in [3.8, 4) is 0 Å². The highest BCUT2D eigenvalue weighted by atomic mass is 35.5. The molecule has 1 aromatic carbocycles. The Bertz CT molecular complexity index is 695. The highest BCUT2D eigenvalue weighted by molar-refractivity contribution is 6.30. The number of halogens is 2. The molecule has 1 aliphatic rings. The molecule has 0 spiro atoms. The molecule has 0 bridgehead atoms. The standard InChI is InChI=1S/C9H10ClFN2O.C9H13N3/c1-12-9(14)13-5-6-3-2-4-7(10)8(6)11;1-2-7-12(8-3-1)9-5-4-6-10-11-9/h2-4H,5H2,1H3,(H2,12,13,14);4-6H,1-3,7-8H2. The molecule has 3 rings (SSSR count). The van der Waals surface area contributed by atoms with Gasteiger partial charge in [0.1, 0.15) is 5.82 Å². The highest BCUT2D eigenvalue weighted by Gasteiger charge is 2.11. The molecule has 0 aliphatic carbocycles. The molecule has 8 heteroatoms. The predicted molar refractivity (Wildman–Crippen MR) is 101 cm³/mol. The van der Waals surface area contributed by atoms with Crippen LogP contribution in [0.4, 0.5) is 15.0 Å². The summed E-state index contributed by atoms with van der Waals surface area (Å²) in [6, 6.07) is 8.27. The molecule has 2 amide bonds. The lowest BCUT2D eigenvalue weighted by molar-refractivity contribution is 0.242. The summed E-state index contributed by atoms with van der Waals surface area (Å²) in [5.74, 6) is 0.530. The van der Waals surface area contributed by atoms with Crippen LogP contribution in [-0.4, -0.2) is 36.4 Å². The molecule has 2 aromatic rings. The van der Waals surface area contributed by atoms with Crippen LogP contribution in [0.25, 0.3) is 0 Å². The van der Waals surface area contributed by atoms with Crippen LogP contribution in [0.15, 0.2) is 36.5 Å². The molecule has 0 radical (unpaired) electrons. The second-order valence-electron chi connectivity index (χ2n) is 5.78. The maximum Gasteiger partial charge on any atom is 0.314 e. The number of anilines is 1. The first kappa shape index (κ1) is 19.9. The quantitative estimate of drug-likeness (QED) is 0.857. The topological polar surface area (TPSA) is 70.1 Å². The number of hydrogen-bond donors (Lipinski definition) is 2. The third-order valence-electron chi connectivity index (χ3n) is 3.94. The van der Waals surface area contributed by atoms with Crippen molar-refractivity contribution in [1.82, 2.24) is 20.8 Å². The number of piperidine rings is 1. The van der Waals surface area contributed by atoms with Crippen LogP contribution in [0.5, 0.6) is 0 Å². The van der Waals surface area contributed by atoms with E-state index in [1.54, 1.807) is 18.3 Å². The minimum absolute atomic E-state index is 0.0567. The van der Waals surface area contributed by atoms with Crippen molar-refractivity contribution < 1.29 is 9.18 Å². The Balaban J connectivity index is 0.000000189. The first-order valence-corrected chi connectivity index (χ1v) is 8.90. The molecule has 2 N–H and O–H groups in total. The normalized spacial score (nSPS) is 13.4. The monoisotopic (exact) mass is 379 g/mol. The summed E-state index contributed by atoms with van der Waals surface area (Å²) in [4.78, 5) is 13.1. The number of rotatable bonds is 3. The Morgan fingerprint density at radius 1 is 1.23 bits per heavy atom. The second kappa shape index (κ2) is 10.6. The first-order chi connectivity index (χ1) is 12.6. The SMILES string of the molecule is CNC(=O)NCc1cccc(Cl)c1F.c1cnnc(N2CCCCC2)c1. The lowest BCUT2D eigenvalue weighted by Gasteiger charge is -2.26. The van der Waals surface area contributed by atoms with E-state index in [9.17, 15) is 9.18 Å². The number of carbonyl (C=O) groups is 1. The molecular formula is C18H23ClFN5O. The summed E-state index contributed by atoms with van der Waals surface area (Å²) in [6.45, 7) is 2.39. The van der Waals surface area contributed by atoms with E-state index in [-0.39, 0.29) is 17.6 Å². The Morgan fingerprint density at radius 3 is 2.65 bits per heavy atom. The molecule has 0 atom stereocenters. The van der Waals surface area contributed by atoms with E-state index in [2.05, 4.69) is 25.7 Å². The van der Waals surface area contributed by atoms with Crippen LogP contribution in [-0.2, 0) is 6.54 Å². The third-order valence-corrected chi connectivity index (χ3v) is 4.23. The molecule has 1 aliphatic heterocycles. The molecule has 26 heavy (non-hydrogen) atoms. The second-order valence-corrected chi connectivity index (χ2v) is 6.18. The van der Waals surface area contributed by atoms with Gasteiger partial charge in [0.15, 0.2) is 5.82 Å². The van der Waals surface area contributed by atoms with Gasteiger partial charge in [-0.15, -0.1) is 5.10 Å². The van der Waals surface area contributed by atoms with Gasteiger partial charge in [-0.3, -0.25) is 0 Å². The van der Waals surface area contributed by atoms with E-state index in [4.69, 9.17) is 11.6 Å². The van der Waals surface area contributed by atoms with E-state index in [0.717, 1.165) is 18.9 Å². The Labute approximate surface area is 157 Å². The number of urea groups is 1. The lowest BCUT2D eigenvalue weighted by atomic mass is 10.1. The average molecular weight is 380 g/mol. The smallest absolute Gasteiger partial charge is 0.314 e. The Kier molecular flexibility index (Phi) is 8.08. The Hall–Kier alpha value is -2.41. The van der Waals surface area contributed by atoms with Gasteiger partial charge in [-0.2, -0.15) is 5.10 Å². The van der Waals surface area contributed by atoms with Gasteiger partial charge >= 0.3 is 6.03 Å². The van der Waals surface area contributed by atoms with Gasteiger partial charge < -0.3 is 15.5 Å². The van der Waals surface area contributed by atoms with Crippen LogP contribution in [0.1, 0.15) is 24.8 Å². The number of hydrogen-bond acceptors (Lipinski definition) is 4. The number of aromatic nitrogens is 2. The molecule has 140 valence electrons. The fraction of sp³-hybridized carbons (Fsp3) is 0.389. The van der Waals surface area contributed by atoms with Gasteiger partial charge in [0.25, 0.3) is 0 Å². The van der Waals surface area contributed by atoms with Crippen LogP contribution in [0.3, 0.4) is 0 Å². The van der Waals surface area contributed by atoms with Gasteiger partial charge in [-0.25, -0.2) is 9.18 Å². The molecule has 1 aromatic heterocycles. The number of amides is 2. The fourth-order valence-electron chi connectivity index (χ4n) is 2.53. The minimum atomic E-state index is -0.495. The average Bonchev–Trinajstić information content (AvgIpc) is 2.70. The van der Waals surface area contributed by atoms with Crippen LogP contribution >= 0.6 is 11.6 Å². The fourth-order valence-corrected chi connectivity index (χ4v) is 2.73. The zero-order valence-electron chi connectivity index (χ0n) is 14.7. The highest BCUT2D eigenvalue weighted by Crippen LogP contribution is 2.17. The van der Waals surface area contributed by atoms with Gasteiger partial charge in [-0.05, 0) is 37.5 Å². The number of benzene rings is 1. The summed E-state index contributed by atoms with van der Waals surface area (Å²) in [5, 5.41) is 12.8. The molecule has 6 nitrogen and oxygen atoms in total. The van der Waals surface area contributed by atoms with E-state index in [1.165, 1.54) is 32.4 Å². The van der Waals surface area contributed by atoms with E-state index in [1.807, 2.05) is 12.1 Å². The van der Waals surface area contributed by atoms with Crippen molar-refractivity contribution in [2.24, 2.45) is 0 Å². The summed E-state index contributed by atoms with van der Waals surface area (Å²) in [5.41, 5.74) is 0.362. The predicted octanol–water partition coefficient (Wildman–Crippen LogP) is 3.38. The molecule has 0 saturated carbocycles. The van der Waals surface area contributed by atoms with E-state index in [0.29, 0.717) is 5.56 Å². The first-order valence-electron chi connectivity index (χ1n) is 8.53. The van der Waals surface area contributed by atoms with Gasteiger partial charge in [0.05, 0.1) is 5.02 Å². The van der Waals surface area contributed by atoms with Gasteiger partial charge in [0, 0.05) is 38.4 Å². The van der Waals surface area contributed by atoms with Crippen molar-refractivity contribution in [1.29, 1.82) is 0 Å².